The first-order valence-corrected chi connectivity index (χ1v) is 6.50. The molecule has 118 valence electrons. The third-order valence-electron chi connectivity index (χ3n) is 2.82. The molecule has 0 fully saturated rings. The van der Waals surface area contributed by atoms with Crippen LogP contribution >= 0.6 is 11.6 Å². The Kier molecular flexibility index (Phi) is 4.77. The highest BCUT2D eigenvalue weighted by molar-refractivity contribution is 6.32. The topological polar surface area (TPSA) is 65.6 Å². The predicted octanol–water partition coefficient (Wildman–Crippen LogP) is 4.85. The third-order valence-corrected chi connectivity index (χ3v) is 3.12. The number of hydrogen-bond acceptors (Lipinski definition) is 4. The molecule has 23 heavy (non-hydrogen) atoms. The van der Waals surface area contributed by atoms with Gasteiger partial charge < -0.3 is 9.94 Å². The van der Waals surface area contributed by atoms with Crippen molar-refractivity contribution in [3.05, 3.63) is 58.6 Å². The molecule has 2 aromatic rings. The molecular weight excluding hydrogens is 333 g/mol. The van der Waals surface area contributed by atoms with E-state index in [4.69, 9.17) is 26.8 Å². The fourth-order valence-electron chi connectivity index (χ4n) is 1.71. The summed E-state index contributed by atoms with van der Waals surface area (Å²) >= 11 is 5.79. The van der Waals surface area contributed by atoms with Gasteiger partial charge in [0.1, 0.15) is 17.6 Å². The average molecular weight is 341 g/mol. The molecule has 0 aliphatic carbocycles. The van der Waals surface area contributed by atoms with Crippen LogP contribution in [0.2, 0.25) is 5.02 Å². The van der Waals surface area contributed by atoms with Crippen molar-refractivity contribution in [2.45, 2.75) is 6.18 Å². The first-order valence-electron chi connectivity index (χ1n) is 6.12. The van der Waals surface area contributed by atoms with E-state index in [1.54, 1.807) is 6.07 Å². The lowest BCUT2D eigenvalue weighted by Gasteiger charge is -2.11. The molecule has 1 N–H and O–H groups in total. The number of nitrogens with zero attached hydrogens (tertiary/aromatic N) is 2. The number of benzene rings is 2. The van der Waals surface area contributed by atoms with Crippen LogP contribution in [-0.4, -0.2) is 10.9 Å². The molecule has 0 unspecified atom stereocenters. The largest absolute Gasteiger partial charge is 0.456 e. The molecule has 0 radical (unpaired) electrons. The van der Waals surface area contributed by atoms with E-state index in [9.17, 15) is 13.2 Å². The monoisotopic (exact) mass is 340 g/mol. The van der Waals surface area contributed by atoms with Crippen molar-refractivity contribution in [2.75, 3.05) is 0 Å². The van der Waals surface area contributed by atoms with Crippen molar-refractivity contribution in [3.63, 3.8) is 0 Å². The highest BCUT2D eigenvalue weighted by Crippen LogP contribution is 2.36. The minimum Gasteiger partial charge on any atom is -0.456 e. The number of alkyl halides is 3. The number of oxime groups is 1. The standard InChI is InChI=1S/C15H8ClF3N2O2/c16-12-7-10(15(17,18)19)3-6-14(12)23-11-4-1-9(2-5-11)13(8-20)21-22/h1-7,22H. The first-order chi connectivity index (χ1) is 10.8. The van der Waals surface area contributed by atoms with E-state index in [1.165, 1.54) is 24.3 Å². The molecule has 0 amide bonds. The molecule has 2 rings (SSSR count). The molecule has 4 nitrogen and oxygen atoms in total. The fraction of sp³-hybridized carbons (Fsp3) is 0.0667. The van der Waals surface area contributed by atoms with Crippen LogP contribution in [0.1, 0.15) is 11.1 Å². The highest BCUT2D eigenvalue weighted by Gasteiger charge is 2.31. The van der Waals surface area contributed by atoms with E-state index in [1.807, 2.05) is 0 Å². The second kappa shape index (κ2) is 6.58. The van der Waals surface area contributed by atoms with Gasteiger partial charge in [0, 0.05) is 5.56 Å². The summed E-state index contributed by atoms with van der Waals surface area (Å²) in [6.07, 6.45) is -4.48. The summed E-state index contributed by atoms with van der Waals surface area (Å²) in [5.41, 5.74) is -0.687. The van der Waals surface area contributed by atoms with E-state index in [-0.39, 0.29) is 16.5 Å². The van der Waals surface area contributed by atoms with Crippen molar-refractivity contribution < 1.29 is 23.1 Å². The van der Waals surface area contributed by atoms with Gasteiger partial charge in [-0.25, -0.2) is 0 Å². The second-order valence-corrected chi connectivity index (χ2v) is 4.74. The Morgan fingerprint density at radius 1 is 1.17 bits per heavy atom. The lowest BCUT2D eigenvalue weighted by atomic mass is 10.1. The van der Waals surface area contributed by atoms with Crippen LogP contribution in [-0.2, 0) is 6.18 Å². The average Bonchev–Trinajstić information content (AvgIpc) is 2.51. The summed E-state index contributed by atoms with van der Waals surface area (Å²) in [5.74, 6) is 0.356. The van der Waals surface area contributed by atoms with E-state index < -0.39 is 11.7 Å². The molecule has 0 heterocycles. The van der Waals surface area contributed by atoms with Crippen molar-refractivity contribution in [1.82, 2.24) is 0 Å². The molecular formula is C15H8ClF3N2O2. The van der Waals surface area contributed by atoms with Crippen molar-refractivity contribution >= 4 is 17.3 Å². The van der Waals surface area contributed by atoms with E-state index in [0.29, 0.717) is 11.3 Å². The summed E-state index contributed by atoms with van der Waals surface area (Å²) < 4.78 is 43.1. The van der Waals surface area contributed by atoms with Crippen LogP contribution in [0.3, 0.4) is 0 Å². The van der Waals surface area contributed by atoms with E-state index in [2.05, 4.69) is 5.16 Å². The lowest BCUT2D eigenvalue weighted by Crippen LogP contribution is -2.04. The zero-order valence-corrected chi connectivity index (χ0v) is 12.1. The van der Waals surface area contributed by atoms with Crippen LogP contribution in [0.15, 0.2) is 47.6 Å². The van der Waals surface area contributed by atoms with Gasteiger partial charge in [-0.05, 0) is 42.5 Å². The zero-order chi connectivity index (χ0) is 17.0. The molecule has 0 bridgehead atoms. The Morgan fingerprint density at radius 3 is 2.30 bits per heavy atom. The maximum Gasteiger partial charge on any atom is 0.416 e. The van der Waals surface area contributed by atoms with Gasteiger partial charge in [-0.15, -0.1) is 0 Å². The quantitative estimate of drug-likeness (QED) is 0.493. The number of ether oxygens (including phenoxy) is 1. The number of rotatable bonds is 3. The van der Waals surface area contributed by atoms with Crippen LogP contribution in [0.5, 0.6) is 11.5 Å². The minimum atomic E-state index is -4.48. The number of halogens is 4. The van der Waals surface area contributed by atoms with Crippen molar-refractivity contribution in [3.8, 4) is 17.6 Å². The molecule has 0 saturated carbocycles. The highest BCUT2D eigenvalue weighted by atomic mass is 35.5. The maximum atomic E-state index is 12.6. The molecule has 0 spiro atoms. The Bertz CT molecular complexity index is 781. The molecule has 0 aliphatic heterocycles. The summed E-state index contributed by atoms with van der Waals surface area (Å²) in [6.45, 7) is 0. The smallest absolute Gasteiger partial charge is 0.416 e. The van der Waals surface area contributed by atoms with Gasteiger partial charge >= 0.3 is 6.18 Å². The van der Waals surface area contributed by atoms with Gasteiger partial charge in [0.2, 0.25) is 0 Å². The van der Waals surface area contributed by atoms with E-state index >= 15 is 0 Å². The van der Waals surface area contributed by atoms with Gasteiger partial charge in [0.25, 0.3) is 0 Å². The van der Waals surface area contributed by atoms with Crippen molar-refractivity contribution in [2.24, 2.45) is 5.16 Å². The van der Waals surface area contributed by atoms with Crippen LogP contribution < -0.4 is 4.74 Å². The number of hydrogen-bond donors (Lipinski definition) is 1. The molecule has 8 heteroatoms. The molecule has 0 aliphatic rings. The fourth-order valence-corrected chi connectivity index (χ4v) is 1.93. The normalized spacial score (nSPS) is 11.9. The van der Waals surface area contributed by atoms with Gasteiger partial charge in [0.05, 0.1) is 10.6 Å². The van der Waals surface area contributed by atoms with Crippen LogP contribution in [0, 0.1) is 11.3 Å². The van der Waals surface area contributed by atoms with Crippen molar-refractivity contribution in [1.29, 1.82) is 5.26 Å². The predicted molar refractivity (Wildman–Crippen MR) is 76.9 cm³/mol. The first kappa shape index (κ1) is 16.6. The SMILES string of the molecule is N#CC(=NO)c1ccc(Oc2ccc(C(F)(F)F)cc2Cl)cc1. The minimum absolute atomic E-state index is 0.0590. The maximum absolute atomic E-state index is 12.6. The Morgan fingerprint density at radius 2 is 1.83 bits per heavy atom. The Hall–Kier alpha value is -2.72. The summed E-state index contributed by atoms with van der Waals surface area (Å²) in [5, 5.41) is 20.0. The summed E-state index contributed by atoms with van der Waals surface area (Å²) in [4.78, 5) is 0. The lowest BCUT2D eigenvalue weighted by molar-refractivity contribution is -0.137. The summed E-state index contributed by atoms with van der Waals surface area (Å²) in [7, 11) is 0. The number of nitriles is 1. The second-order valence-electron chi connectivity index (χ2n) is 4.33. The van der Waals surface area contributed by atoms with Gasteiger partial charge in [-0.2, -0.15) is 18.4 Å². The van der Waals surface area contributed by atoms with Gasteiger partial charge in [-0.3, -0.25) is 0 Å². The van der Waals surface area contributed by atoms with E-state index in [0.717, 1.165) is 18.2 Å². The van der Waals surface area contributed by atoms with Gasteiger partial charge in [0.15, 0.2) is 5.71 Å². The molecule has 0 aromatic heterocycles. The summed E-state index contributed by atoms with van der Waals surface area (Å²) in [6, 6.07) is 10.3. The van der Waals surface area contributed by atoms with Crippen LogP contribution in [0.4, 0.5) is 13.2 Å². The van der Waals surface area contributed by atoms with Gasteiger partial charge in [-0.1, -0.05) is 16.8 Å². The Balaban J connectivity index is 2.22. The van der Waals surface area contributed by atoms with Crippen LogP contribution in [0.25, 0.3) is 0 Å². The zero-order valence-electron chi connectivity index (χ0n) is 11.3. The molecule has 0 atom stereocenters. The third kappa shape index (κ3) is 3.93. The molecule has 2 aromatic carbocycles. The molecule has 0 saturated heterocycles. The Labute approximate surface area is 134 Å².